The van der Waals surface area contributed by atoms with Gasteiger partial charge in [0.2, 0.25) is 0 Å². The Balaban J connectivity index is 2.05. The van der Waals surface area contributed by atoms with Crippen LogP contribution in [0.25, 0.3) is 0 Å². The van der Waals surface area contributed by atoms with Crippen molar-refractivity contribution in [1.82, 2.24) is 0 Å². The maximum absolute atomic E-state index is 5.91. The number of hydrogen-bond donors (Lipinski definition) is 0. The Morgan fingerprint density at radius 1 is 0.938 bits per heavy atom. The Morgan fingerprint density at radius 2 is 1.44 bits per heavy atom. The van der Waals surface area contributed by atoms with E-state index < -0.39 is 0 Å². The fourth-order valence-electron chi connectivity index (χ4n) is 1.45. The Kier molecular flexibility index (Phi) is 3.08. The van der Waals surface area contributed by atoms with Crippen LogP contribution in [0.2, 0.25) is 0 Å². The Hall–Kier alpha value is -0.445. The highest BCUT2D eigenvalue weighted by Crippen LogP contribution is 2.41. The average molecular weight is 236 g/mol. The highest BCUT2D eigenvalue weighted by molar-refractivity contribution is 8.24. The summed E-state index contributed by atoms with van der Waals surface area (Å²) < 4.78 is 11.8. The van der Waals surface area contributed by atoms with Crippen molar-refractivity contribution in [3.8, 4) is 0 Å². The van der Waals surface area contributed by atoms with Crippen molar-refractivity contribution in [2.24, 2.45) is 0 Å². The summed E-state index contributed by atoms with van der Waals surface area (Å²) >= 11 is 1.61. The van der Waals surface area contributed by atoms with E-state index in [-0.39, 0.29) is 17.6 Å². The first-order valence-electron chi connectivity index (χ1n) is 5.48. The highest BCUT2D eigenvalue weighted by atomic mass is 32.2. The zero-order valence-corrected chi connectivity index (χ0v) is 11.0. The van der Waals surface area contributed by atoms with Gasteiger partial charge in [0.05, 0.1) is 11.2 Å². The Morgan fingerprint density at radius 3 is 1.94 bits per heavy atom. The zero-order valence-electron chi connectivity index (χ0n) is 10.2. The summed E-state index contributed by atoms with van der Waals surface area (Å²) in [7, 11) is 0. The van der Waals surface area contributed by atoms with Gasteiger partial charge in [-0.15, -0.1) is 11.6 Å². The maximum Gasteiger partial charge on any atom is 0.537 e. The Labute approximate surface area is 102 Å². The normalized spacial score (nSPS) is 22.4. The van der Waals surface area contributed by atoms with Gasteiger partial charge in [-0.05, 0) is 39.8 Å². The van der Waals surface area contributed by atoms with Gasteiger partial charge in [-0.2, -0.15) is 0 Å². The third kappa shape index (κ3) is 2.29. The van der Waals surface area contributed by atoms with Crippen LogP contribution in [0.15, 0.2) is 35.2 Å². The molecule has 2 rings (SSSR count). The lowest BCUT2D eigenvalue weighted by atomic mass is 9.90. The molecule has 0 unspecified atom stereocenters. The molecule has 0 aliphatic carbocycles. The fraction of sp³-hybridized carbons (Fsp3) is 0.500. The van der Waals surface area contributed by atoms with Crippen LogP contribution in [0.5, 0.6) is 0 Å². The molecular weight excluding hydrogens is 219 g/mol. The number of benzene rings is 1. The van der Waals surface area contributed by atoms with Crippen LogP contribution in [0.3, 0.4) is 0 Å². The lowest BCUT2D eigenvalue weighted by Crippen LogP contribution is -2.41. The van der Waals surface area contributed by atoms with Crippen molar-refractivity contribution in [3.05, 3.63) is 30.3 Å². The van der Waals surface area contributed by atoms with Crippen LogP contribution < -0.4 is 0 Å². The van der Waals surface area contributed by atoms with E-state index in [1.54, 1.807) is 11.6 Å². The van der Waals surface area contributed by atoms with E-state index in [1.165, 1.54) is 4.90 Å². The molecule has 1 aliphatic heterocycles. The molecule has 1 aromatic rings. The number of rotatable bonds is 2. The van der Waals surface area contributed by atoms with Gasteiger partial charge in [-0.1, -0.05) is 18.2 Å². The monoisotopic (exact) mass is 236 g/mol. The summed E-state index contributed by atoms with van der Waals surface area (Å²) in [4.78, 5) is 1.17. The van der Waals surface area contributed by atoms with Crippen molar-refractivity contribution >= 4 is 18.0 Å². The third-order valence-corrected chi connectivity index (χ3v) is 4.14. The molecule has 0 aromatic heterocycles. The minimum atomic E-state index is -0.251. The van der Waals surface area contributed by atoms with Crippen molar-refractivity contribution in [1.29, 1.82) is 0 Å². The summed E-state index contributed by atoms with van der Waals surface area (Å²) in [5.41, 5.74) is -0.501. The lowest BCUT2D eigenvalue weighted by molar-refractivity contribution is 0.00578. The third-order valence-electron chi connectivity index (χ3n) is 3.21. The fourth-order valence-corrected chi connectivity index (χ4v) is 2.56. The number of hydrogen-bond acceptors (Lipinski definition) is 3. The maximum atomic E-state index is 5.91. The van der Waals surface area contributed by atoms with Gasteiger partial charge < -0.3 is 9.31 Å². The zero-order chi connectivity index (χ0) is 11.8. The van der Waals surface area contributed by atoms with Gasteiger partial charge in [0.25, 0.3) is 0 Å². The van der Waals surface area contributed by atoms with E-state index in [2.05, 4.69) is 39.8 Å². The van der Waals surface area contributed by atoms with Crippen LogP contribution >= 0.6 is 11.6 Å². The van der Waals surface area contributed by atoms with E-state index in [0.29, 0.717) is 0 Å². The summed E-state index contributed by atoms with van der Waals surface area (Å²) in [6.45, 7) is 8.27. The summed E-state index contributed by atoms with van der Waals surface area (Å²) in [5, 5.41) is 0. The minimum absolute atomic E-state index is 0.215. The van der Waals surface area contributed by atoms with E-state index >= 15 is 0 Å². The second-order valence-corrected chi connectivity index (χ2v) is 6.07. The average Bonchev–Trinajstić information content (AvgIpc) is 2.36. The molecule has 1 heterocycles. The van der Waals surface area contributed by atoms with Crippen molar-refractivity contribution < 1.29 is 9.31 Å². The quantitative estimate of drug-likeness (QED) is 0.733. The Bertz CT molecular complexity index is 349. The molecule has 0 spiro atoms. The van der Waals surface area contributed by atoms with Crippen LogP contribution in [0, 0.1) is 0 Å². The summed E-state index contributed by atoms with van der Waals surface area (Å²) in [5.74, 6) is 0. The molecule has 0 amide bonds. The van der Waals surface area contributed by atoms with E-state index in [1.807, 2.05) is 18.2 Å². The standard InChI is InChI=1S/C12H17BO2S/c1-11(2)12(3,4)15-13(14-11)16-10-8-6-5-7-9-10/h5-9H,1-4H3. The van der Waals surface area contributed by atoms with E-state index in [9.17, 15) is 0 Å². The van der Waals surface area contributed by atoms with Crippen molar-refractivity contribution in [2.75, 3.05) is 0 Å². The SMILES string of the molecule is CC1(C)OB(Sc2ccccc2)OC1(C)C. The van der Waals surface area contributed by atoms with Crippen molar-refractivity contribution in [3.63, 3.8) is 0 Å². The first-order chi connectivity index (χ1) is 7.41. The molecule has 0 bridgehead atoms. The lowest BCUT2D eigenvalue weighted by Gasteiger charge is -2.32. The molecule has 0 N–H and O–H groups in total. The van der Waals surface area contributed by atoms with Gasteiger partial charge in [0.1, 0.15) is 0 Å². The second kappa shape index (κ2) is 4.10. The molecule has 1 fully saturated rings. The predicted octanol–water partition coefficient (Wildman–Crippen LogP) is 3.37. The molecule has 86 valence electrons. The predicted molar refractivity (Wildman–Crippen MR) is 68.4 cm³/mol. The van der Waals surface area contributed by atoms with E-state index in [0.717, 1.165) is 0 Å². The summed E-state index contributed by atoms with van der Waals surface area (Å²) in [6, 6.07) is 10.2. The molecule has 1 aromatic carbocycles. The van der Waals surface area contributed by atoms with Crippen molar-refractivity contribution in [2.45, 2.75) is 43.8 Å². The van der Waals surface area contributed by atoms with Gasteiger partial charge in [-0.3, -0.25) is 0 Å². The first kappa shape index (κ1) is 12.0. The minimum Gasteiger partial charge on any atom is -0.394 e. The molecular formula is C12H17BO2S. The second-order valence-electron chi connectivity index (χ2n) is 4.98. The summed E-state index contributed by atoms with van der Waals surface area (Å²) in [6.07, 6.45) is -0.215. The van der Waals surface area contributed by atoms with Crippen LogP contribution in [-0.4, -0.2) is 17.6 Å². The topological polar surface area (TPSA) is 18.5 Å². The van der Waals surface area contributed by atoms with Crippen LogP contribution in [0.4, 0.5) is 0 Å². The van der Waals surface area contributed by atoms with E-state index in [4.69, 9.17) is 9.31 Å². The van der Waals surface area contributed by atoms with Crippen LogP contribution in [0.1, 0.15) is 27.7 Å². The molecule has 16 heavy (non-hydrogen) atoms. The molecule has 1 aliphatic rings. The van der Waals surface area contributed by atoms with Crippen LogP contribution in [-0.2, 0) is 9.31 Å². The molecule has 1 saturated heterocycles. The molecule has 0 radical (unpaired) electrons. The van der Waals surface area contributed by atoms with Gasteiger partial charge >= 0.3 is 6.40 Å². The highest BCUT2D eigenvalue weighted by Gasteiger charge is 2.51. The van der Waals surface area contributed by atoms with Gasteiger partial charge in [-0.25, -0.2) is 0 Å². The molecule has 0 saturated carbocycles. The first-order valence-corrected chi connectivity index (χ1v) is 6.36. The molecule has 2 nitrogen and oxygen atoms in total. The van der Waals surface area contributed by atoms with Gasteiger partial charge in [0, 0.05) is 4.90 Å². The molecule has 0 atom stereocenters. The largest absolute Gasteiger partial charge is 0.537 e. The smallest absolute Gasteiger partial charge is 0.394 e. The van der Waals surface area contributed by atoms with Gasteiger partial charge in [0.15, 0.2) is 0 Å². The molecule has 4 heteroatoms.